The Balaban J connectivity index is 1.75. The fraction of sp³-hybridized carbons (Fsp3) is 0.500. The number of likely N-dealkylation sites (N-methyl/N-ethyl adjacent to an activating group) is 1. The Morgan fingerprint density at radius 3 is 2.94 bits per heavy atom. The Morgan fingerprint density at radius 2 is 2.28 bits per heavy atom. The van der Waals surface area contributed by atoms with Crippen LogP contribution in [-0.2, 0) is 11.3 Å². The first-order valence-electron chi connectivity index (χ1n) is 6.30. The van der Waals surface area contributed by atoms with Crippen molar-refractivity contribution in [2.75, 3.05) is 20.7 Å². The van der Waals surface area contributed by atoms with Crippen molar-refractivity contribution in [2.24, 2.45) is 0 Å². The third-order valence-electron chi connectivity index (χ3n) is 3.23. The van der Waals surface area contributed by atoms with E-state index in [9.17, 15) is 4.79 Å². The van der Waals surface area contributed by atoms with E-state index in [1.165, 1.54) is 0 Å². The van der Waals surface area contributed by atoms with Crippen molar-refractivity contribution in [2.45, 2.75) is 25.4 Å². The van der Waals surface area contributed by atoms with Crippen LogP contribution in [0.4, 0.5) is 0 Å². The summed E-state index contributed by atoms with van der Waals surface area (Å²) in [7, 11) is 3.54. The largest absolute Gasteiger partial charge is 0.497 e. The van der Waals surface area contributed by atoms with Crippen molar-refractivity contribution in [1.82, 2.24) is 10.2 Å². The molecule has 2 rings (SSSR count). The van der Waals surface area contributed by atoms with Crippen LogP contribution in [0.15, 0.2) is 24.3 Å². The van der Waals surface area contributed by atoms with Gasteiger partial charge in [0, 0.05) is 19.6 Å². The minimum absolute atomic E-state index is 0.167. The lowest BCUT2D eigenvalue weighted by atomic mass is 10.2. The van der Waals surface area contributed by atoms with E-state index >= 15 is 0 Å². The molecule has 1 aliphatic rings. The lowest BCUT2D eigenvalue weighted by Crippen LogP contribution is -2.36. The topological polar surface area (TPSA) is 41.6 Å². The maximum absolute atomic E-state index is 11.8. The molecule has 98 valence electrons. The van der Waals surface area contributed by atoms with Gasteiger partial charge in [-0.15, -0.1) is 0 Å². The number of nitrogens with zero attached hydrogens (tertiary/aromatic N) is 1. The molecular formula is C14H20N2O2. The molecule has 1 fully saturated rings. The first-order valence-corrected chi connectivity index (χ1v) is 6.30. The number of nitrogens with one attached hydrogen (secondary N) is 1. The second-order valence-corrected chi connectivity index (χ2v) is 4.69. The highest BCUT2D eigenvalue weighted by atomic mass is 16.5. The summed E-state index contributed by atoms with van der Waals surface area (Å²) in [6, 6.07) is 8.34. The average molecular weight is 248 g/mol. The number of hydrogen-bond acceptors (Lipinski definition) is 3. The molecule has 0 bridgehead atoms. The van der Waals surface area contributed by atoms with E-state index in [0.29, 0.717) is 19.1 Å². The van der Waals surface area contributed by atoms with Gasteiger partial charge < -0.3 is 15.0 Å². The molecule has 4 heteroatoms. The van der Waals surface area contributed by atoms with Crippen LogP contribution in [0.2, 0.25) is 0 Å². The molecule has 1 amide bonds. The average Bonchev–Trinajstić information content (AvgIpc) is 3.22. The lowest BCUT2D eigenvalue weighted by Gasteiger charge is -2.16. The van der Waals surface area contributed by atoms with E-state index in [2.05, 4.69) is 5.32 Å². The van der Waals surface area contributed by atoms with Crippen molar-refractivity contribution < 1.29 is 9.53 Å². The van der Waals surface area contributed by atoms with E-state index in [4.69, 9.17) is 4.74 Å². The molecule has 0 unspecified atom stereocenters. The molecule has 0 aromatic heterocycles. The van der Waals surface area contributed by atoms with Crippen molar-refractivity contribution in [1.29, 1.82) is 0 Å². The van der Waals surface area contributed by atoms with Crippen molar-refractivity contribution in [3.63, 3.8) is 0 Å². The highest BCUT2D eigenvalue weighted by Crippen LogP contribution is 2.25. The van der Waals surface area contributed by atoms with Gasteiger partial charge in [-0.3, -0.25) is 4.79 Å². The van der Waals surface area contributed by atoms with E-state index in [-0.39, 0.29) is 5.91 Å². The summed E-state index contributed by atoms with van der Waals surface area (Å²) in [5, 5.41) is 3.17. The van der Waals surface area contributed by atoms with Crippen LogP contribution in [0.5, 0.6) is 5.75 Å². The van der Waals surface area contributed by atoms with Crippen LogP contribution in [0.1, 0.15) is 18.4 Å². The molecule has 18 heavy (non-hydrogen) atoms. The zero-order valence-electron chi connectivity index (χ0n) is 11.0. The third-order valence-corrected chi connectivity index (χ3v) is 3.23. The summed E-state index contributed by atoms with van der Waals surface area (Å²) in [5.41, 5.74) is 1.12. The molecule has 1 aliphatic carbocycles. The number of benzene rings is 1. The quantitative estimate of drug-likeness (QED) is 0.827. The number of carbonyl (C=O) groups excluding carboxylic acids is 1. The fourth-order valence-corrected chi connectivity index (χ4v) is 1.89. The zero-order chi connectivity index (χ0) is 13.0. The summed E-state index contributed by atoms with van der Waals surface area (Å²) in [6.45, 7) is 1.08. The van der Waals surface area contributed by atoms with E-state index < -0.39 is 0 Å². The van der Waals surface area contributed by atoms with Crippen LogP contribution in [0.3, 0.4) is 0 Å². The highest BCUT2D eigenvalue weighted by Gasteiger charge is 2.28. The Hall–Kier alpha value is -1.55. The van der Waals surface area contributed by atoms with Crippen LogP contribution >= 0.6 is 0 Å². The highest BCUT2D eigenvalue weighted by molar-refractivity contribution is 5.78. The fourth-order valence-electron chi connectivity index (χ4n) is 1.89. The molecule has 0 atom stereocenters. The number of amides is 1. The standard InChI is InChI=1S/C14H20N2O2/c1-16(12-6-7-12)14(17)10-15-9-11-4-3-5-13(8-11)18-2/h3-5,8,12,15H,6-7,9-10H2,1-2H3. The summed E-state index contributed by atoms with van der Waals surface area (Å²) >= 11 is 0. The van der Waals surface area contributed by atoms with Crippen LogP contribution in [0.25, 0.3) is 0 Å². The maximum Gasteiger partial charge on any atom is 0.236 e. The SMILES string of the molecule is COc1cccc(CNCC(=O)N(C)C2CC2)c1. The van der Waals surface area contributed by atoms with Gasteiger partial charge in [0.25, 0.3) is 0 Å². The lowest BCUT2D eigenvalue weighted by molar-refractivity contribution is -0.129. The predicted molar refractivity (Wildman–Crippen MR) is 70.5 cm³/mol. The van der Waals surface area contributed by atoms with E-state index in [1.54, 1.807) is 7.11 Å². The number of rotatable bonds is 6. The monoisotopic (exact) mass is 248 g/mol. The third kappa shape index (κ3) is 3.47. The normalized spacial score (nSPS) is 14.3. The summed E-state index contributed by atoms with van der Waals surface area (Å²) in [4.78, 5) is 13.6. The smallest absolute Gasteiger partial charge is 0.236 e. The van der Waals surface area contributed by atoms with E-state index in [1.807, 2.05) is 36.2 Å². The van der Waals surface area contributed by atoms with Crippen LogP contribution in [0, 0.1) is 0 Å². The van der Waals surface area contributed by atoms with Gasteiger partial charge in [0.1, 0.15) is 5.75 Å². The van der Waals surface area contributed by atoms with Crippen LogP contribution < -0.4 is 10.1 Å². The molecular weight excluding hydrogens is 228 g/mol. The Bertz CT molecular complexity index is 416. The summed E-state index contributed by atoms with van der Waals surface area (Å²) in [5.74, 6) is 1.01. The minimum atomic E-state index is 0.167. The molecule has 0 aliphatic heterocycles. The molecule has 0 heterocycles. The Labute approximate surface area is 108 Å². The number of carbonyl (C=O) groups is 1. The van der Waals surface area contributed by atoms with Gasteiger partial charge in [-0.1, -0.05) is 12.1 Å². The van der Waals surface area contributed by atoms with Crippen molar-refractivity contribution in [3.05, 3.63) is 29.8 Å². The maximum atomic E-state index is 11.8. The van der Waals surface area contributed by atoms with Gasteiger partial charge in [0.05, 0.1) is 13.7 Å². The second kappa shape index (κ2) is 5.87. The molecule has 0 spiro atoms. The van der Waals surface area contributed by atoms with Crippen LogP contribution in [-0.4, -0.2) is 37.6 Å². The number of ether oxygens (including phenoxy) is 1. The van der Waals surface area contributed by atoms with Crippen molar-refractivity contribution in [3.8, 4) is 5.75 Å². The van der Waals surface area contributed by atoms with Gasteiger partial charge in [-0.05, 0) is 30.5 Å². The first kappa shape index (κ1) is 12.9. The molecule has 4 nitrogen and oxygen atoms in total. The van der Waals surface area contributed by atoms with Gasteiger partial charge in [-0.25, -0.2) is 0 Å². The number of hydrogen-bond donors (Lipinski definition) is 1. The Kier molecular flexibility index (Phi) is 4.20. The minimum Gasteiger partial charge on any atom is -0.497 e. The molecule has 0 saturated heterocycles. The van der Waals surface area contributed by atoms with E-state index in [0.717, 1.165) is 24.2 Å². The molecule has 1 aromatic rings. The van der Waals surface area contributed by atoms with Crippen molar-refractivity contribution >= 4 is 5.91 Å². The predicted octanol–water partition coefficient (Wildman–Crippen LogP) is 1.41. The Morgan fingerprint density at radius 1 is 1.50 bits per heavy atom. The summed E-state index contributed by atoms with van der Waals surface area (Å²) in [6.07, 6.45) is 2.30. The second-order valence-electron chi connectivity index (χ2n) is 4.69. The molecule has 1 saturated carbocycles. The van der Waals surface area contributed by atoms with Gasteiger partial charge in [0.2, 0.25) is 5.91 Å². The molecule has 1 aromatic carbocycles. The molecule has 1 N–H and O–H groups in total. The van der Waals surface area contributed by atoms with Gasteiger partial charge in [0.15, 0.2) is 0 Å². The zero-order valence-corrected chi connectivity index (χ0v) is 11.0. The van der Waals surface area contributed by atoms with Gasteiger partial charge >= 0.3 is 0 Å². The first-order chi connectivity index (χ1) is 8.70. The number of methoxy groups -OCH3 is 1. The molecule has 0 radical (unpaired) electrons. The van der Waals surface area contributed by atoms with Gasteiger partial charge in [-0.2, -0.15) is 0 Å². The summed E-state index contributed by atoms with van der Waals surface area (Å²) < 4.78 is 5.16.